The van der Waals surface area contributed by atoms with E-state index in [1.165, 1.54) is 24.3 Å². The van der Waals surface area contributed by atoms with Crippen LogP contribution in [0.3, 0.4) is 0 Å². The van der Waals surface area contributed by atoms with Crippen molar-refractivity contribution in [3.8, 4) is 17.2 Å². The van der Waals surface area contributed by atoms with Gasteiger partial charge in [0.25, 0.3) is 5.91 Å². The fourth-order valence-corrected chi connectivity index (χ4v) is 13.9. The summed E-state index contributed by atoms with van der Waals surface area (Å²) in [4.78, 5) is 42.2. The molecule has 4 aliphatic carbocycles. The summed E-state index contributed by atoms with van der Waals surface area (Å²) < 4.78 is 11.1. The number of carbonyl (C=O) groups is 2. The van der Waals surface area contributed by atoms with Crippen LogP contribution in [0.1, 0.15) is 82.6 Å². The summed E-state index contributed by atoms with van der Waals surface area (Å²) in [6.45, 7) is -1.33. The molecule has 16 N–H and O–H groups in total. The Morgan fingerprint density at radius 1 is 0.961 bits per heavy atom. The molecule has 1 amide bonds. The van der Waals surface area contributed by atoms with Gasteiger partial charge in [-0.3, -0.25) is 9.69 Å². The second-order valence-electron chi connectivity index (χ2n) is 21.2. The van der Waals surface area contributed by atoms with Gasteiger partial charge >= 0.3 is 11.9 Å². The van der Waals surface area contributed by atoms with Gasteiger partial charge in [-0.2, -0.15) is 0 Å². The molecule has 0 radical (unpaired) electrons. The standard InChI is InChI=1S/C56H62N6O15/c57-43-13-11-31-10-9-28-4-1-2-5-37(28)55(31,43)46-29(17-32(66)24-64)21-54(53(73)74)47(46)35-19-40(68)41(76-56(75)52(72)51(71)50(70)42(25-65)77-56)20-38(35)62(54)45(69)14-8-27-7-12-39(67)33(16-27)34-18-30(23-63)36(49-48(34)60-26-61-49)22-59-44-6-3-15-58-44/h1-10,12,14-16,19-21,26,30-32,34,36,42-43,46-47,50-52,58-59,63-68,70-72,75H,11,13,17-18,22-25,57H2,(H,60,61)(H,73,74)/b14-8+/t30-,31+,32+,34-,36+,42-,43+,46-,47+,50-,51+,52-,54-,55+,56+/m1/s1. The first-order chi connectivity index (χ1) is 37.0. The zero-order valence-electron chi connectivity index (χ0n) is 41.5. The number of carboxylic acids is 1. The number of ether oxygens (including phenoxy) is 2. The van der Waals surface area contributed by atoms with Crippen molar-refractivity contribution in [2.24, 2.45) is 23.5 Å². The van der Waals surface area contributed by atoms with Gasteiger partial charge in [-0.15, -0.1) is 0 Å². The number of aliphatic hydroxyl groups is 8. The average Bonchev–Trinajstić information content (AvgIpc) is 4.03. The Morgan fingerprint density at radius 2 is 1.77 bits per heavy atom. The highest BCUT2D eigenvalue weighted by molar-refractivity contribution is 6.13. The van der Waals surface area contributed by atoms with Gasteiger partial charge in [0.05, 0.1) is 37.0 Å². The van der Waals surface area contributed by atoms with Crippen LogP contribution in [0, 0.1) is 17.8 Å². The van der Waals surface area contributed by atoms with E-state index < -0.39 is 108 Å². The molecule has 1 saturated carbocycles. The Labute approximate surface area is 440 Å². The Morgan fingerprint density at radius 3 is 2.51 bits per heavy atom. The van der Waals surface area contributed by atoms with E-state index in [4.69, 9.17) is 15.2 Å². The van der Waals surface area contributed by atoms with Crippen molar-refractivity contribution in [1.29, 1.82) is 0 Å². The number of aromatic nitrogens is 3. The van der Waals surface area contributed by atoms with E-state index >= 15 is 4.79 Å². The normalized spacial score (nSPS) is 33.2. The summed E-state index contributed by atoms with van der Waals surface area (Å²) in [6.07, 6.45) is 3.28. The third-order valence-electron chi connectivity index (χ3n) is 17.3. The lowest BCUT2D eigenvalue weighted by Crippen LogP contribution is -2.67. The number of nitrogens with two attached hydrogens (primary N) is 1. The number of anilines is 2. The molecule has 0 bridgehead atoms. The number of imidazole rings is 1. The summed E-state index contributed by atoms with van der Waals surface area (Å²) in [5.74, 6) is -9.73. The Balaban J connectivity index is 1.03. The maximum absolute atomic E-state index is 15.5. The molecule has 3 aromatic carbocycles. The number of aliphatic carboxylic acids is 1. The molecule has 11 rings (SSSR count). The number of amides is 1. The Hall–Kier alpha value is -6.89. The van der Waals surface area contributed by atoms with Crippen LogP contribution in [0.2, 0.25) is 0 Å². The number of rotatable bonds is 15. The van der Waals surface area contributed by atoms with E-state index in [-0.39, 0.29) is 47.8 Å². The molecule has 4 heterocycles. The van der Waals surface area contributed by atoms with Crippen LogP contribution < -0.4 is 20.7 Å². The number of H-pyrrole nitrogens is 2. The molecular weight excluding hydrogens is 997 g/mol. The van der Waals surface area contributed by atoms with Crippen molar-refractivity contribution < 1.29 is 75.2 Å². The number of fused-ring (bicyclic) bond motifs is 7. The molecular formula is C56H62N6O15. The van der Waals surface area contributed by atoms with Crippen molar-refractivity contribution in [2.75, 3.05) is 36.6 Å². The topological polar surface area (TPSA) is 361 Å². The Bertz CT molecular complexity index is 3160. The van der Waals surface area contributed by atoms with Gasteiger partial charge in [0.2, 0.25) is 0 Å². The lowest BCUT2D eigenvalue weighted by Gasteiger charge is -2.50. The molecule has 2 aromatic heterocycles. The van der Waals surface area contributed by atoms with Crippen molar-refractivity contribution in [2.45, 2.75) is 96.9 Å². The molecule has 77 heavy (non-hydrogen) atoms. The molecule has 6 aliphatic rings. The van der Waals surface area contributed by atoms with Crippen LogP contribution in [0.25, 0.3) is 12.2 Å². The highest BCUT2D eigenvalue weighted by Crippen LogP contribution is 2.69. The fraction of sp³-hybridized carbons (Fsp3) is 0.411. The summed E-state index contributed by atoms with van der Waals surface area (Å²) in [7, 11) is 0. The molecule has 21 nitrogen and oxygen atoms in total. The van der Waals surface area contributed by atoms with E-state index in [9.17, 15) is 61.0 Å². The monoisotopic (exact) mass is 1060 g/mol. The molecule has 15 atom stereocenters. The first-order valence-corrected chi connectivity index (χ1v) is 25.7. The van der Waals surface area contributed by atoms with E-state index in [2.05, 4.69) is 20.3 Å². The van der Waals surface area contributed by atoms with E-state index in [1.807, 2.05) is 48.6 Å². The lowest BCUT2D eigenvalue weighted by atomic mass is 9.53. The summed E-state index contributed by atoms with van der Waals surface area (Å²) >= 11 is 0. The minimum absolute atomic E-state index is 0.0603. The zero-order chi connectivity index (χ0) is 54.3. The van der Waals surface area contributed by atoms with E-state index in [0.717, 1.165) is 45.4 Å². The number of aromatic amines is 2. The number of nitrogens with one attached hydrogen (secondary N) is 3. The third kappa shape index (κ3) is 8.18. The molecule has 2 fully saturated rings. The number of carboxylic acid groups (broad SMARTS) is 1. The van der Waals surface area contributed by atoms with Gasteiger partial charge in [0, 0.05) is 77.9 Å². The molecule has 1 saturated heterocycles. The molecule has 21 heteroatoms. The zero-order valence-corrected chi connectivity index (χ0v) is 41.5. The van der Waals surface area contributed by atoms with Gasteiger partial charge in [0.15, 0.2) is 23.1 Å². The summed E-state index contributed by atoms with van der Waals surface area (Å²) in [5.41, 5.74) is 8.23. The quantitative estimate of drug-likeness (QED) is 0.0405. The molecule has 5 aromatic rings. The van der Waals surface area contributed by atoms with Crippen LogP contribution >= 0.6 is 0 Å². The predicted octanol–water partition coefficient (Wildman–Crippen LogP) is 1.96. The fourth-order valence-electron chi connectivity index (χ4n) is 13.9. The van der Waals surface area contributed by atoms with Crippen LogP contribution in [-0.4, -0.2) is 157 Å². The minimum atomic E-state index is -3.23. The second-order valence-corrected chi connectivity index (χ2v) is 21.2. The minimum Gasteiger partial charge on any atom is -0.508 e. The van der Waals surface area contributed by atoms with Crippen molar-refractivity contribution in [3.05, 3.63) is 142 Å². The average molecular weight is 1060 g/mol. The number of aliphatic hydroxyl groups excluding tert-OH is 7. The SMILES string of the molecule is N[C@H]1CC[C@@H]2C=Cc3ccccc3[C@]12[C@@H]1C(C[C@H](O)CO)=C[C@]2(C(=O)O)[C@H]1c1cc(O)c(O[C@]3(O)O[C@H](CO)[C@@H](O)[C@H](O)[C@H]3O)cc1N2C(=O)/C=C/c1ccc(O)c([C@H]2C[C@H](CO)[C@H](CNc3ccc[nH]3)c3nc[nH]c32)c1. The molecule has 0 spiro atoms. The highest BCUT2D eigenvalue weighted by atomic mass is 16.8. The van der Waals surface area contributed by atoms with Gasteiger partial charge in [0.1, 0.15) is 29.9 Å². The number of hydrogen-bond acceptors (Lipinski definition) is 17. The number of nitrogens with zero attached hydrogens (tertiary/aromatic N) is 2. The maximum Gasteiger partial charge on any atom is 0.355 e. The molecule has 406 valence electrons. The van der Waals surface area contributed by atoms with E-state index in [1.54, 1.807) is 24.7 Å². The van der Waals surface area contributed by atoms with E-state index in [0.29, 0.717) is 42.5 Å². The van der Waals surface area contributed by atoms with Gasteiger partial charge in [-0.1, -0.05) is 48.1 Å². The molecule has 0 unspecified atom stereocenters. The van der Waals surface area contributed by atoms with Crippen molar-refractivity contribution in [3.63, 3.8) is 0 Å². The van der Waals surface area contributed by atoms with Crippen LogP contribution in [0.5, 0.6) is 17.2 Å². The highest BCUT2D eigenvalue weighted by Gasteiger charge is 2.71. The number of benzene rings is 3. The number of aromatic hydroxyl groups is 2. The Kier molecular flexibility index (Phi) is 13.4. The van der Waals surface area contributed by atoms with Crippen LogP contribution in [0.4, 0.5) is 11.5 Å². The second kappa shape index (κ2) is 19.8. The van der Waals surface area contributed by atoms with Crippen LogP contribution in [0.15, 0.2) is 103 Å². The number of phenols is 2. The van der Waals surface area contributed by atoms with Gasteiger partial charge in [-0.05, 0) is 102 Å². The number of allylic oxidation sites excluding steroid dienone is 1. The predicted molar refractivity (Wildman–Crippen MR) is 276 cm³/mol. The maximum atomic E-state index is 15.5. The first-order valence-electron chi connectivity index (χ1n) is 25.7. The molecule has 2 aliphatic heterocycles. The number of phenolic OH excluding ortho intramolecular Hbond substituents is 2. The number of hydrogen-bond donors (Lipinski definition) is 15. The van der Waals surface area contributed by atoms with Crippen LogP contribution in [-0.2, 0) is 19.7 Å². The summed E-state index contributed by atoms with van der Waals surface area (Å²) in [5, 5.41) is 125. The van der Waals surface area contributed by atoms with Crippen molar-refractivity contribution >= 4 is 35.5 Å². The van der Waals surface area contributed by atoms with Gasteiger partial charge < -0.3 is 86.7 Å². The summed E-state index contributed by atoms with van der Waals surface area (Å²) in [6, 6.07) is 17.7. The first kappa shape index (κ1) is 52.2. The third-order valence-corrected chi connectivity index (χ3v) is 17.3. The lowest BCUT2D eigenvalue weighted by molar-refractivity contribution is -0.422. The largest absolute Gasteiger partial charge is 0.508 e. The number of carbonyl (C=O) groups excluding carboxylic acids is 1. The van der Waals surface area contributed by atoms with Gasteiger partial charge in [-0.25, -0.2) is 9.78 Å². The smallest absolute Gasteiger partial charge is 0.355 e. The van der Waals surface area contributed by atoms with Crippen molar-refractivity contribution in [1.82, 2.24) is 15.0 Å².